The van der Waals surface area contributed by atoms with Crippen molar-refractivity contribution in [2.45, 2.75) is 173 Å². The van der Waals surface area contributed by atoms with Crippen molar-refractivity contribution in [1.82, 2.24) is 0 Å². The second kappa shape index (κ2) is 26.6. The predicted octanol–water partition coefficient (Wildman–Crippen LogP) is 10.2. The van der Waals surface area contributed by atoms with Gasteiger partial charge < -0.3 is 72.8 Å². The van der Waals surface area contributed by atoms with E-state index in [-0.39, 0.29) is 0 Å². The van der Waals surface area contributed by atoms with E-state index in [0.29, 0.717) is 12.1 Å². The second-order valence-electron chi connectivity index (χ2n) is 21.9. The van der Waals surface area contributed by atoms with Crippen LogP contribution >= 0.6 is 0 Å². The van der Waals surface area contributed by atoms with Gasteiger partial charge in [-0.2, -0.15) is 0 Å². The minimum Gasteiger partial charge on any atom is -0.436 e. The molecule has 0 aromatic carbocycles. The zero-order valence-corrected chi connectivity index (χ0v) is 60.1. The Hall–Kier alpha value is 2.14. The molecule has 0 aromatic heterocycles. The third-order valence-electron chi connectivity index (χ3n) is 11.7. The maximum Gasteiger partial charge on any atom is 0.643 e. The molecule has 0 aliphatic heterocycles. The molecule has 0 N–H and O–H groups in total. The lowest BCUT2D eigenvalue weighted by Gasteiger charge is -2.48. The van der Waals surface area contributed by atoms with Crippen molar-refractivity contribution < 1.29 is 72.8 Å². The first kappa shape index (κ1) is 68.1. The zero-order chi connectivity index (χ0) is 52.2. The van der Waals surface area contributed by atoms with Gasteiger partial charge in [-0.3, -0.25) is 0 Å². The lowest BCUT2D eigenvalue weighted by Crippen LogP contribution is -2.70. The van der Waals surface area contributed by atoms with Crippen molar-refractivity contribution in [2.24, 2.45) is 0 Å². The average molecular weight is 1170 g/mol. The number of hydrogen-bond donors (Lipinski definition) is 0. The van der Waals surface area contributed by atoms with E-state index in [0.717, 1.165) is 36.3 Å². The molecule has 0 fully saturated rings. The first-order chi connectivity index (χ1) is 29.5. The number of hydrogen-bond acceptors (Lipinski definition) is 17. The van der Waals surface area contributed by atoms with Crippen molar-refractivity contribution in [3.63, 3.8) is 0 Å². The molecule has 0 radical (unpaired) electrons. The van der Waals surface area contributed by atoms with Gasteiger partial charge in [0.15, 0.2) is 33.3 Å². The predicted molar refractivity (Wildman–Crippen MR) is 296 cm³/mol. The second-order valence-corrected chi connectivity index (χ2v) is 70.5. The molecular formula is C36H100O17Si13. The Morgan fingerprint density at radius 2 is 0.394 bits per heavy atom. The standard InChI is InChI=1S/C36H100O17Si13/c1-37-62(26,38-2)33-29-54(10,11)46-58(18,19)50-66(51-59(20,21)47-55(12,13)30-34-63(27,39-3)40-4,52-60(22,23)48-56(14,15)31-35-64(28,41-5)42-6)53-61(24,25)49-57(16,17)32-36-65(43-7,44-8)45-9/h29-36H2,1-28H3. The third kappa shape index (κ3) is 25.4. The maximum absolute atomic E-state index is 7.53. The normalized spacial score (nSPS) is 15.3. The van der Waals surface area contributed by atoms with Gasteiger partial charge in [0.1, 0.15) is 0 Å². The molecule has 398 valence electrons. The van der Waals surface area contributed by atoms with Gasteiger partial charge in [-0.1, -0.05) is 0 Å². The van der Waals surface area contributed by atoms with Gasteiger partial charge in [0.25, 0.3) is 0 Å². The first-order valence-corrected chi connectivity index (χ1v) is 58.0. The first-order valence-electron chi connectivity index (χ1n) is 23.1. The van der Waals surface area contributed by atoms with Crippen molar-refractivity contribution >= 4 is 111 Å². The summed E-state index contributed by atoms with van der Waals surface area (Å²) in [7, 11) is -21.8. The van der Waals surface area contributed by atoms with Gasteiger partial charge in [-0.05, 0) is 167 Å². The fourth-order valence-corrected chi connectivity index (χ4v) is 64.9. The Kier molecular flexibility index (Phi) is 27.4. The molecule has 0 atom stereocenters. The van der Waals surface area contributed by atoms with Crippen LogP contribution < -0.4 is 0 Å². The third-order valence-corrected chi connectivity index (χ3v) is 59.4. The molecule has 0 rings (SSSR count). The van der Waals surface area contributed by atoms with Crippen LogP contribution in [-0.4, -0.2) is 175 Å². The van der Waals surface area contributed by atoms with Gasteiger partial charge in [0, 0.05) is 70.0 Å². The minimum absolute atomic E-state index is 0.594. The molecule has 0 saturated heterocycles. The minimum atomic E-state index is -4.39. The molecule has 66 heavy (non-hydrogen) atoms. The Morgan fingerprint density at radius 1 is 0.212 bits per heavy atom. The maximum atomic E-state index is 7.53. The molecule has 17 nitrogen and oxygen atoms in total. The van der Waals surface area contributed by atoms with E-state index < -0.39 is 111 Å². The van der Waals surface area contributed by atoms with E-state index >= 15 is 0 Å². The molecule has 0 aliphatic rings. The molecule has 0 spiro atoms. The summed E-state index contributed by atoms with van der Waals surface area (Å²) < 4.78 is 112. The summed E-state index contributed by atoms with van der Waals surface area (Å²) in [5.74, 6) is 0. The van der Waals surface area contributed by atoms with Crippen molar-refractivity contribution in [3.05, 3.63) is 0 Å². The molecule has 0 unspecified atom stereocenters. The van der Waals surface area contributed by atoms with E-state index in [4.69, 9.17) is 72.8 Å². The molecule has 0 bridgehead atoms. The fourth-order valence-electron chi connectivity index (χ4n) is 7.74. The summed E-state index contributed by atoms with van der Waals surface area (Å²) in [4.78, 5) is 0. The van der Waals surface area contributed by atoms with Crippen molar-refractivity contribution in [1.29, 1.82) is 0 Å². The molecule has 0 aliphatic carbocycles. The smallest absolute Gasteiger partial charge is 0.436 e. The molecule has 0 saturated carbocycles. The summed E-state index contributed by atoms with van der Waals surface area (Å²) in [5, 5.41) is 0. The van der Waals surface area contributed by atoms with Crippen LogP contribution in [0.1, 0.15) is 0 Å². The molecular weight excluding hydrogens is 1070 g/mol. The Labute approximate surface area is 417 Å². The van der Waals surface area contributed by atoms with Crippen molar-refractivity contribution in [3.8, 4) is 0 Å². The lowest BCUT2D eigenvalue weighted by atomic mass is 10.9. The summed E-state index contributed by atoms with van der Waals surface area (Å²) in [6.45, 7) is 40.4. The highest BCUT2D eigenvalue weighted by atomic mass is 28.6. The van der Waals surface area contributed by atoms with E-state index in [9.17, 15) is 0 Å². The average Bonchev–Trinajstić information content (AvgIpc) is 3.16. The zero-order valence-electron chi connectivity index (χ0n) is 47.1. The fraction of sp³-hybridized carbons (Fsp3) is 1.00. The van der Waals surface area contributed by atoms with Crippen LogP contribution in [0.2, 0.25) is 173 Å². The molecule has 30 heteroatoms. The Balaban J connectivity index is 7.84. The van der Waals surface area contributed by atoms with E-state index in [1.54, 1.807) is 64.0 Å². The summed E-state index contributed by atoms with van der Waals surface area (Å²) in [6, 6.07) is 6.10. The van der Waals surface area contributed by atoms with Gasteiger partial charge in [0.05, 0.1) is 0 Å². The van der Waals surface area contributed by atoms with Crippen LogP contribution in [0.5, 0.6) is 0 Å². The highest BCUT2D eigenvalue weighted by Crippen LogP contribution is 2.38. The topological polar surface area (TPSA) is 157 Å². The van der Waals surface area contributed by atoms with Gasteiger partial charge in [-0.15, -0.1) is 0 Å². The van der Waals surface area contributed by atoms with Gasteiger partial charge in [0.2, 0.25) is 0 Å². The molecule has 0 heterocycles. The van der Waals surface area contributed by atoms with Crippen molar-refractivity contribution in [2.75, 3.05) is 64.0 Å². The van der Waals surface area contributed by atoms with Crippen LogP contribution in [0.25, 0.3) is 0 Å². The summed E-state index contributed by atoms with van der Waals surface area (Å²) in [6.07, 6.45) is 0. The monoisotopic (exact) mass is 1170 g/mol. The quantitative estimate of drug-likeness (QED) is 0.0541. The summed E-state index contributed by atoms with van der Waals surface area (Å²) in [5.41, 5.74) is 0. The van der Waals surface area contributed by atoms with E-state index in [1.165, 1.54) is 0 Å². The Morgan fingerprint density at radius 3 is 0.561 bits per heavy atom. The molecule has 0 amide bonds. The largest absolute Gasteiger partial charge is 0.643 e. The summed E-state index contributed by atoms with van der Waals surface area (Å²) >= 11 is 0. The SMILES string of the molecule is CO[Si](C)(CC[Si](C)(C)O[Si](C)(C)O[Si](O[Si](C)(C)O[Si](C)(C)CC[Si](C)(OC)OC)(O[Si](C)(C)O[Si](C)(C)CC[Si](C)(OC)OC)O[Si](C)(C)O[Si](C)(C)CC[Si](OC)(OC)OC)OC. The van der Waals surface area contributed by atoms with Gasteiger partial charge >= 0.3 is 77.8 Å². The van der Waals surface area contributed by atoms with E-state index in [1.807, 2.05) is 13.1 Å². The number of rotatable bonds is 37. The van der Waals surface area contributed by atoms with Crippen LogP contribution in [0.4, 0.5) is 0 Å². The highest BCUT2D eigenvalue weighted by Gasteiger charge is 2.63. The lowest BCUT2D eigenvalue weighted by molar-refractivity contribution is 0.102. The molecule has 0 aromatic rings. The van der Waals surface area contributed by atoms with E-state index in [2.05, 4.69) is 111 Å². The van der Waals surface area contributed by atoms with Crippen LogP contribution in [-0.2, 0) is 72.8 Å². The highest BCUT2D eigenvalue weighted by molar-refractivity contribution is 6.95. The van der Waals surface area contributed by atoms with Gasteiger partial charge in [-0.25, -0.2) is 0 Å². The Bertz CT molecular complexity index is 1280. The van der Waals surface area contributed by atoms with Crippen LogP contribution in [0, 0.1) is 0 Å². The van der Waals surface area contributed by atoms with Crippen LogP contribution in [0.15, 0.2) is 0 Å². The van der Waals surface area contributed by atoms with Crippen LogP contribution in [0.3, 0.4) is 0 Å².